The van der Waals surface area contributed by atoms with E-state index in [-0.39, 0.29) is 42.7 Å². The number of esters is 2. The molecule has 2 unspecified atom stereocenters. The van der Waals surface area contributed by atoms with Crippen LogP contribution in [0.25, 0.3) is 0 Å². The second-order valence-corrected chi connectivity index (χ2v) is 14.9. The van der Waals surface area contributed by atoms with Crippen LogP contribution >= 0.6 is 0 Å². The fourth-order valence-corrected chi connectivity index (χ4v) is 6.07. The number of carboxylic acids is 1. The van der Waals surface area contributed by atoms with Gasteiger partial charge >= 0.3 is 11.9 Å². The summed E-state index contributed by atoms with van der Waals surface area (Å²) in [5.41, 5.74) is 0. The Morgan fingerprint density at radius 1 is 0.542 bits per heavy atom. The molecule has 0 rings (SSSR count). The molecule has 0 N–H and O–H groups in total. The first-order chi connectivity index (χ1) is 23.1. The number of unbranched alkanes of at least 4 members (excludes halogenated alkanes) is 22. The molecule has 284 valence electrons. The Morgan fingerprint density at radius 3 is 1.31 bits per heavy atom. The normalized spacial score (nSPS) is 12.9. The number of rotatable bonds is 36. The fourth-order valence-electron chi connectivity index (χ4n) is 6.07. The zero-order chi connectivity index (χ0) is 35.7. The third-order valence-electron chi connectivity index (χ3n) is 9.24. The van der Waals surface area contributed by atoms with E-state index < -0.39 is 18.1 Å². The molecule has 2 atom stereocenters. The quantitative estimate of drug-likeness (QED) is 0.0369. The molecule has 8 heteroatoms. The summed E-state index contributed by atoms with van der Waals surface area (Å²) < 4.78 is 16.9. The van der Waals surface area contributed by atoms with Gasteiger partial charge in [0, 0.05) is 19.3 Å². The highest BCUT2D eigenvalue weighted by Gasteiger charge is 2.25. The molecule has 0 radical (unpaired) electrons. The van der Waals surface area contributed by atoms with E-state index in [2.05, 4.69) is 13.8 Å². The molecule has 0 aliphatic carbocycles. The van der Waals surface area contributed by atoms with Crippen LogP contribution in [0.15, 0.2) is 0 Å². The minimum Gasteiger partial charge on any atom is -0.544 e. The number of carbonyl (C=O) groups is 3. The van der Waals surface area contributed by atoms with Crippen molar-refractivity contribution in [2.45, 2.75) is 199 Å². The molecule has 0 bridgehead atoms. The van der Waals surface area contributed by atoms with Crippen LogP contribution in [0.4, 0.5) is 0 Å². The van der Waals surface area contributed by atoms with E-state index in [0.29, 0.717) is 12.8 Å². The van der Waals surface area contributed by atoms with Gasteiger partial charge in [-0.25, -0.2) is 0 Å². The van der Waals surface area contributed by atoms with Crippen LogP contribution in [-0.2, 0) is 28.6 Å². The predicted molar refractivity (Wildman–Crippen MR) is 194 cm³/mol. The number of ether oxygens (including phenoxy) is 3. The van der Waals surface area contributed by atoms with Crippen LogP contribution in [0, 0.1) is 0 Å². The molecule has 8 nitrogen and oxygen atoms in total. The highest BCUT2D eigenvalue weighted by atomic mass is 16.6. The molecule has 0 amide bonds. The molecule has 0 heterocycles. The molecule has 0 spiro atoms. The van der Waals surface area contributed by atoms with Crippen molar-refractivity contribution in [2.24, 2.45) is 0 Å². The van der Waals surface area contributed by atoms with Crippen molar-refractivity contribution in [1.82, 2.24) is 0 Å². The van der Waals surface area contributed by atoms with E-state index in [4.69, 9.17) is 14.2 Å². The van der Waals surface area contributed by atoms with Crippen molar-refractivity contribution in [3.05, 3.63) is 0 Å². The summed E-state index contributed by atoms with van der Waals surface area (Å²) in [6.07, 6.45) is 30.4. The van der Waals surface area contributed by atoms with Gasteiger partial charge in [-0.1, -0.05) is 155 Å². The summed E-state index contributed by atoms with van der Waals surface area (Å²) >= 11 is 0. The Morgan fingerprint density at radius 2 is 0.917 bits per heavy atom. The van der Waals surface area contributed by atoms with Crippen molar-refractivity contribution >= 4 is 17.9 Å². The Bertz CT molecular complexity index is 767. The third kappa shape index (κ3) is 30.4. The van der Waals surface area contributed by atoms with Crippen molar-refractivity contribution in [3.63, 3.8) is 0 Å². The van der Waals surface area contributed by atoms with E-state index in [1.807, 2.05) is 0 Å². The van der Waals surface area contributed by atoms with Crippen LogP contribution in [0.5, 0.6) is 0 Å². The molecule has 0 saturated carbocycles. The lowest BCUT2D eigenvalue weighted by Crippen LogP contribution is -2.55. The average Bonchev–Trinajstić information content (AvgIpc) is 3.03. The minimum absolute atomic E-state index is 0.0466. The zero-order valence-electron chi connectivity index (χ0n) is 32.2. The van der Waals surface area contributed by atoms with Gasteiger partial charge in [0.05, 0.1) is 40.3 Å². The maximum Gasteiger partial charge on any atom is 0.306 e. The molecule has 0 fully saturated rings. The van der Waals surface area contributed by atoms with Crippen LogP contribution in [-0.4, -0.2) is 75.5 Å². The van der Waals surface area contributed by atoms with Crippen LogP contribution in [0.2, 0.25) is 0 Å². The van der Waals surface area contributed by atoms with Gasteiger partial charge in [-0.3, -0.25) is 9.59 Å². The van der Waals surface area contributed by atoms with Gasteiger partial charge in [0.25, 0.3) is 0 Å². The maximum absolute atomic E-state index is 12.6. The van der Waals surface area contributed by atoms with E-state index in [0.717, 1.165) is 44.9 Å². The zero-order valence-corrected chi connectivity index (χ0v) is 32.2. The van der Waals surface area contributed by atoms with E-state index >= 15 is 0 Å². The number of hydrogen-bond donors (Lipinski definition) is 0. The topological polar surface area (TPSA) is 102 Å². The number of carboxylic acid groups (broad SMARTS) is 1. The molecule has 0 saturated heterocycles. The van der Waals surface area contributed by atoms with E-state index in [1.54, 1.807) is 21.1 Å². The molecular formula is C40H77NO7. The SMILES string of the molecule is CCCCCCCCCCCCCCCCCCCCCCC(=O)OC(COCCC(C(=O)[O-])[N+](C)(C)C)COC(=O)CCCCCC. The van der Waals surface area contributed by atoms with Gasteiger partial charge < -0.3 is 28.6 Å². The highest BCUT2D eigenvalue weighted by Crippen LogP contribution is 2.16. The number of nitrogens with zero attached hydrogens (tertiary/aromatic N) is 1. The van der Waals surface area contributed by atoms with Crippen LogP contribution in [0.1, 0.15) is 187 Å². The summed E-state index contributed by atoms with van der Waals surface area (Å²) in [6, 6.07) is -0.717. The highest BCUT2D eigenvalue weighted by molar-refractivity contribution is 5.70. The molecule has 48 heavy (non-hydrogen) atoms. The van der Waals surface area contributed by atoms with Crippen LogP contribution < -0.4 is 5.11 Å². The average molecular weight is 684 g/mol. The Balaban J connectivity index is 4.07. The fraction of sp³-hybridized carbons (Fsp3) is 0.925. The van der Waals surface area contributed by atoms with Gasteiger partial charge in [-0.2, -0.15) is 0 Å². The maximum atomic E-state index is 12.6. The molecular weight excluding hydrogens is 606 g/mol. The number of carbonyl (C=O) groups excluding carboxylic acids is 3. The molecule has 0 aromatic rings. The monoisotopic (exact) mass is 684 g/mol. The van der Waals surface area contributed by atoms with Gasteiger partial charge in [-0.05, 0) is 12.8 Å². The summed E-state index contributed by atoms with van der Waals surface area (Å²) in [7, 11) is 5.39. The molecule has 0 aromatic carbocycles. The van der Waals surface area contributed by atoms with Gasteiger partial charge in [0.1, 0.15) is 12.6 Å². The summed E-state index contributed by atoms with van der Waals surface area (Å²) in [6.45, 7) is 4.56. The van der Waals surface area contributed by atoms with Gasteiger partial charge in [0.2, 0.25) is 0 Å². The lowest BCUT2D eigenvalue weighted by Gasteiger charge is -2.34. The standard InChI is InChI=1S/C40H77NO7/c1-6-8-10-12-13-14-15-16-17-18-19-20-21-22-23-24-25-26-27-29-31-39(43)48-36(35-47-38(42)30-28-11-9-7-2)34-46-33-32-37(40(44)45)41(3,4)5/h36-37H,6-35H2,1-5H3. The van der Waals surface area contributed by atoms with Crippen molar-refractivity contribution in [3.8, 4) is 0 Å². The molecule has 0 aliphatic rings. The number of likely N-dealkylation sites (N-methyl/N-ethyl adjacent to an activating group) is 1. The Labute approximate surface area is 296 Å². The van der Waals surface area contributed by atoms with Crippen LogP contribution in [0.3, 0.4) is 0 Å². The van der Waals surface area contributed by atoms with Gasteiger partial charge in [-0.15, -0.1) is 0 Å². The van der Waals surface area contributed by atoms with E-state index in [1.165, 1.54) is 109 Å². The van der Waals surface area contributed by atoms with E-state index in [9.17, 15) is 19.5 Å². The Kier molecular flexibility index (Phi) is 31.4. The number of hydrogen-bond acceptors (Lipinski definition) is 7. The summed E-state index contributed by atoms with van der Waals surface area (Å²) in [5, 5.41) is 11.5. The Hall–Kier alpha value is -1.67. The molecule has 0 aromatic heterocycles. The minimum atomic E-state index is -1.12. The van der Waals surface area contributed by atoms with Gasteiger partial charge in [0.15, 0.2) is 6.10 Å². The third-order valence-corrected chi connectivity index (χ3v) is 9.24. The number of aliphatic carboxylic acids is 1. The second-order valence-electron chi connectivity index (χ2n) is 14.9. The van der Waals surface area contributed by atoms with Crippen molar-refractivity contribution < 1.29 is 38.2 Å². The number of quaternary nitrogens is 1. The lowest BCUT2D eigenvalue weighted by molar-refractivity contribution is -0.889. The second kappa shape index (κ2) is 32.5. The summed E-state index contributed by atoms with van der Waals surface area (Å²) in [4.78, 5) is 36.3. The molecule has 0 aliphatic heterocycles. The summed E-state index contributed by atoms with van der Waals surface area (Å²) in [5.74, 6) is -1.74. The van der Waals surface area contributed by atoms with Crippen molar-refractivity contribution in [1.29, 1.82) is 0 Å². The predicted octanol–water partition coefficient (Wildman–Crippen LogP) is 8.86. The smallest absolute Gasteiger partial charge is 0.306 e. The largest absolute Gasteiger partial charge is 0.544 e. The first-order valence-corrected chi connectivity index (χ1v) is 20.1. The first-order valence-electron chi connectivity index (χ1n) is 20.1. The first kappa shape index (κ1) is 46.3. The lowest BCUT2D eigenvalue weighted by atomic mass is 10.0. The van der Waals surface area contributed by atoms with Crippen molar-refractivity contribution in [2.75, 3.05) is 41.0 Å².